The van der Waals surface area contributed by atoms with Gasteiger partial charge in [0, 0.05) is 19.5 Å². The number of rotatable bonds is 5. The largest absolute Gasteiger partial charge is 0.332 e. The smallest absolute Gasteiger partial charge is 0.260 e. The van der Waals surface area contributed by atoms with Gasteiger partial charge < -0.3 is 10.7 Å². The Kier molecular flexibility index (Phi) is 4.59. The van der Waals surface area contributed by atoms with Crippen LogP contribution in [0, 0.1) is 5.92 Å². The van der Waals surface area contributed by atoms with E-state index in [1.807, 2.05) is 6.92 Å². The van der Waals surface area contributed by atoms with Gasteiger partial charge in [0.2, 0.25) is 0 Å². The Labute approximate surface area is 114 Å². The minimum Gasteiger partial charge on any atom is -0.332 e. The van der Waals surface area contributed by atoms with E-state index in [-0.39, 0.29) is 5.03 Å². The van der Waals surface area contributed by atoms with Crippen molar-refractivity contribution in [3.8, 4) is 0 Å². The van der Waals surface area contributed by atoms with Crippen LogP contribution in [0.2, 0.25) is 0 Å². The first-order valence-electron chi connectivity index (χ1n) is 6.82. The number of imidazole rings is 1. The van der Waals surface area contributed by atoms with Crippen molar-refractivity contribution in [1.82, 2.24) is 14.3 Å². The highest BCUT2D eigenvalue weighted by atomic mass is 32.2. The Balaban J connectivity index is 2.14. The van der Waals surface area contributed by atoms with Gasteiger partial charge in [-0.15, -0.1) is 0 Å². The maximum Gasteiger partial charge on any atom is 0.260 e. The van der Waals surface area contributed by atoms with Crippen LogP contribution in [0.25, 0.3) is 0 Å². The number of H-pyrrole nitrogens is 1. The number of aryl methyl sites for hydroxylation is 1. The zero-order chi connectivity index (χ0) is 13.9. The highest BCUT2D eigenvalue weighted by Gasteiger charge is 2.31. The minimum absolute atomic E-state index is 0.206. The molecule has 2 heterocycles. The molecule has 0 spiro atoms. The summed E-state index contributed by atoms with van der Waals surface area (Å²) >= 11 is 0. The first-order chi connectivity index (χ1) is 9.07. The molecule has 1 aromatic heterocycles. The van der Waals surface area contributed by atoms with Gasteiger partial charge in [0.25, 0.3) is 10.0 Å². The van der Waals surface area contributed by atoms with Crippen LogP contribution >= 0.6 is 0 Å². The van der Waals surface area contributed by atoms with Crippen molar-refractivity contribution < 1.29 is 8.42 Å². The number of hydrogen-bond donors (Lipinski definition) is 2. The molecule has 7 heteroatoms. The van der Waals surface area contributed by atoms with Crippen LogP contribution in [0.15, 0.2) is 11.2 Å². The summed E-state index contributed by atoms with van der Waals surface area (Å²) in [5.41, 5.74) is 5.56. The second-order valence-electron chi connectivity index (χ2n) is 5.00. The lowest BCUT2D eigenvalue weighted by Crippen LogP contribution is -2.40. The summed E-state index contributed by atoms with van der Waals surface area (Å²) in [6, 6.07) is 0. The molecule has 19 heavy (non-hydrogen) atoms. The molecule has 1 unspecified atom stereocenters. The van der Waals surface area contributed by atoms with E-state index in [2.05, 4.69) is 9.97 Å². The number of sulfonamides is 1. The quantitative estimate of drug-likeness (QED) is 0.834. The Morgan fingerprint density at radius 2 is 2.37 bits per heavy atom. The number of piperidine rings is 1. The first-order valence-corrected chi connectivity index (χ1v) is 8.26. The number of aromatic nitrogens is 2. The first kappa shape index (κ1) is 14.5. The van der Waals surface area contributed by atoms with Crippen molar-refractivity contribution in [2.75, 3.05) is 19.6 Å². The fourth-order valence-electron chi connectivity index (χ4n) is 2.51. The molecule has 0 aliphatic carbocycles. The fraction of sp³-hybridized carbons (Fsp3) is 0.750. The number of aromatic amines is 1. The SMILES string of the molecule is CCc1ncc(S(=O)(=O)N2CCCC(CCN)C2)[nH]1. The summed E-state index contributed by atoms with van der Waals surface area (Å²) in [5, 5.41) is 0.206. The van der Waals surface area contributed by atoms with E-state index in [0.29, 0.717) is 37.8 Å². The molecule has 1 aromatic rings. The molecule has 108 valence electrons. The predicted molar refractivity (Wildman–Crippen MR) is 73.1 cm³/mol. The molecule has 1 aliphatic heterocycles. The molecular formula is C12H22N4O2S. The predicted octanol–water partition coefficient (Wildman–Crippen LogP) is 0.722. The highest BCUT2D eigenvalue weighted by molar-refractivity contribution is 7.89. The van der Waals surface area contributed by atoms with Gasteiger partial charge in [-0.05, 0) is 31.7 Å². The average molecular weight is 286 g/mol. The summed E-state index contributed by atoms with van der Waals surface area (Å²) in [6.45, 7) is 3.71. The molecule has 0 bridgehead atoms. The third-order valence-corrected chi connectivity index (χ3v) is 5.39. The number of nitrogens with two attached hydrogens (primary N) is 1. The number of nitrogens with zero attached hydrogens (tertiary/aromatic N) is 2. The summed E-state index contributed by atoms with van der Waals surface area (Å²) in [4.78, 5) is 6.95. The molecule has 1 aliphatic rings. The molecule has 0 saturated carbocycles. The summed E-state index contributed by atoms with van der Waals surface area (Å²) in [6.07, 6.45) is 4.96. The molecule has 6 nitrogen and oxygen atoms in total. The topological polar surface area (TPSA) is 92.1 Å². The van der Waals surface area contributed by atoms with E-state index in [9.17, 15) is 8.42 Å². The van der Waals surface area contributed by atoms with Crippen molar-refractivity contribution in [2.45, 2.75) is 37.6 Å². The van der Waals surface area contributed by atoms with Crippen molar-refractivity contribution in [3.63, 3.8) is 0 Å². The van der Waals surface area contributed by atoms with Gasteiger partial charge in [-0.2, -0.15) is 4.31 Å². The highest BCUT2D eigenvalue weighted by Crippen LogP contribution is 2.24. The van der Waals surface area contributed by atoms with Gasteiger partial charge in [-0.1, -0.05) is 6.92 Å². The van der Waals surface area contributed by atoms with Gasteiger partial charge in [0.1, 0.15) is 5.82 Å². The third-order valence-electron chi connectivity index (χ3n) is 3.61. The molecule has 0 radical (unpaired) electrons. The zero-order valence-corrected chi connectivity index (χ0v) is 12.1. The van der Waals surface area contributed by atoms with Gasteiger partial charge >= 0.3 is 0 Å². The Morgan fingerprint density at radius 3 is 3.00 bits per heavy atom. The molecule has 1 saturated heterocycles. The van der Waals surface area contributed by atoms with E-state index < -0.39 is 10.0 Å². The van der Waals surface area contributed by atoms with E-state index >= 15 is 0 Å². The molecule has 0 aromatic carbocycles. The number of nitrogens with one attached hydrogen (secondary N) is 1. The van der Waals surface area contributed by atoms with Crippen molar-refractivity contribution in [1.29, 1.82) is 0 Å². The zero-order valence-electron chi connectivity index (χ0n) is 11.3. The van der Waals surface area contributed by atoms with Crippen molar-refractivity contribution in [2.24, 2.45) is 11.7 Å². The fourth-order valence-corrected chi connectivity index (χ4v) is 4.00. The lowest BCUT2D eigenvalue weighted by Gasteiger charge is -2.31. The van der Waals surface area contributed by atoms with Gasteiger partial charge in [-0.3, -0.25) is 0 Å². The monoisotopic (exact) mass is 286 g/mol. The lowest BCUT2D eigenvalue weighted by atomic mass is 9.96. The average Bonchev–Trinajstić information content (AvgIpc) is 2.89. The Hall–Kier alpha value is -0.920. The van der Waals surface area contributed by atoms with Crippen molar-refractivity contribution in [3.05, 3.63) is 12.0 Å². The van der Waals surface area contributed by atoms with E-state index in [1.54, 1.807) is 4.31 Å². The van der Waals surface area contributed by atoms with Crippen LogP contribution in [0.3, 0.4) is 0 Å². The molecular weight excluding hydrogens is 264 g/mol. The van der Waals surface area contributed by atoms with E-state index in [0.717, 1.165) is 19.3 Å². The second kappa shape index (κ2) is 6.02. The molecule has 0 amide bonds. The van der Waals surface area contributed by atoms with Crippen LogP contribution in [0.1, 0.15) is 32.0 Å². The molecule has 1 fully saturated rings. The second-order valence-corrected chi connectivity index (χ2v) is 6.90. The van der Waals surface area contributed by atoms with Crippen LogP contribution in [0.5, 0.6) is 0 Å². The molecule has 3 N–H and O–H groups in total. The minimum atomic E-state index is -3.43. The summed E-state index contributed by atoms with van der Waals surface area (Å²) in [5.74, 6) is 1.08. The van der Waals surface area contributed by atoms with Crippen molar-refractivity contribution >= 4 is 10.0 Å². The van der Waals surface area contributed by atoms with Crippen LogP contribution in [0.4, 0.5) is 0 Å². The summed E-state index contributed by atoms with van der Waals surface area (Å²) < 4.78 is 26.5. The van der Waals surface area contributed by atoms with Crippen LogP contribution in [-0.4, -0.2) is 42.3 Å². The van der Waals surface area contributed by atoms with Gasteiger partial charge in [-0.25, -0.2) is 13.4 Å². The normalized spacial score (nSPS) is 21.7. The molecule has 2 rings (SSSR count). The van der Waals surface area contributed by atoms with Crippen LogP contribution in [-0.2, 0) is 16.4 Å². The van der Waals surface area contributed by atoms with Gasteiger partial charge in [0.05, 0.1) is 6.20 Å². The number of hydrogen-bond acceptors (Lipinski definition) is 4. The molecule has 1 atom stereocenters. The third kappa shape index (κ3) is 3.16. The lowest BCUT2D eigenvalue weighted by molar-refractivity contribution is 0.257. The Bertz CT molecular complexity index is 510. The maximum absolute atomic E-state index is 12.5. The standard InChI is InChI=1S/C12H22N4O2S/c1-2-11-14-8-12(15-11)19(17,18)16-7-3-4-10(9-16)5-6-13/h8,10H,2-7,9,13H2,1H3,(H,14,15). The van der Waals surface area contributed by atoms with E-state index in [4.69, 9.17) is 5.73 Å². The van der Waals surface area contributed by atoms with Crippen LogP contribution < -0.4 is 5.73 Å². The van der Waals surface area contributed by atoms with Gasteiger partial charge in [0.15, 0.2) is 5.03 Å². The van der Waals surface area contributed by atoms with E-state index in [1.165, 1.54) is 6.20 Å². The summed E-state index contributed by atoms with van der Waals surface area (Å²) in [7, 11) is -3.43. The maximum atomic E-state index is 12.5. The Morgan fingerprint density at radius 1 is 1.58 bits per heavy atom.